The van der Waals surface area contributed by atoms with Crippen molar-refractivity contribution in [3.63, 3.8) is 0 Å². The van der Waals surface area contributed by atoms with E-state index < -0.39 is 11.7 Å². The number of hydrogen-bond acceptors (Lipinski definition) is 4. The first-order valence-corrected chi connectivity index (χ1v) is 6.09. The topological polar surface area (TPSA) is 60.2 Å². The highest BCUT2D eigenvalue weighted by Gasteiger charge is 2.32. The summed E-state index contributed by atoms with van der Waals surface area (Å²) in [5.74, 6) is 5.73. The molecule has 106 valence electrons. The van der Waals surface area contributed by atoms with Crippen molar-refractivity contribution in [2.45, 2.75) is 25.1 Å². The minimum atomic E-state index is -4.37. The van der Waals surface area contributed by atoms with Crippen LogP contribution >= 0.6 is 0 Å². The maximum absolute atomic E-state index is 12.5. The summed E-state index contributed by atoms with van der Waals surface area (Å²) in [7, 11) is 0. The molecule has 0 aliphatic carbocycles. The van der Waals surface area contributed by atoms with E-state index in [1.165, 1.54) is 6.07 Å². The molecular formula is C12H16F3N3O. The van der Waals surface area contributed by atoms with Crippen LogP contribution in [0.4, 0.5) is 13.2 Å². The minimum Gasteiger partial charge on any atom is -0.381 e. The molecule has 1 aliphatic rings. The van der Waals surface area contributed by atoms with Crippen LogP contribution in [-0.2, 0) is 10.9 Å². The third-order valence-electron chi connectivity index (χ3n) is 3.35. The average molecular weight is 275 g/mol. The number of nitrogens with zero attached hydrogens (tertiary/aromatic N) is 1. The normalized spacial score (nSPS) is 19.4. The van der Waals surface area contributed by atoms with Gasteiger partial charge in [0.25, 0.3) is 0 Å². The van der Waals surface area contributed by atoms with E-state index in [0.29, 0.717) is 18.9 Å². The van der Waals surface area contributed by atoms with Gasteiger partial charge in [0.05, 0.1) is 17.3 Å². The molecule has 1 aliphatic heterocycles. The minimum absolute atomic E-state index is 0.225. The largest absolute Gasteiger partial charge is 0.417 e. The number of aromatic nitrogens is 1. The number of nitrogens with two attached hydrogens (primary N) is 1. The van der Waals surface area contributed by atoms with Crippen LogP contribution in [0.15, 0.2) is 18.3 Å². The van der Waals surface area contributed by atoms with E-state index in [4.69, 9.17) is 10.6 Å². The van der Waals surface area contributed by atoms with Crippen molar-refractivity contribution in [1.82, 2.24) is 10.4 Å². The van der Waals surface area contributed by atoms with Gasteiger partial charge in [-0.3, -0.25) is 16.3 Å². The lowest BCUT2D eigenvalue weighted by Gasteiger charge is -2.29. The molecule has 0 saturated carbocycles. The highest BCUT2D eigenvalue weighted by atomic mass is 19.4. The third kappa shape index (κ3) is 3.43. The SMILES string of the molecule is NNC(c1ccc(C(F)(F)F)cn1)C1CCOCC1. The van der Waals surface area contributed by atoms with E-state index in [1.54, 1.807) is 0 Å². The summed E-state index contributed by atoms with van der Waals surface area (Å²) in [5, 5.41) is 0. The van der Waals surface area contributed by atoms with Crippen molar-refractivity contribution < 1.29 is 17.9 Å². The van der Waals surface area contributed by atoms with Crippen molar-refractivity contribution in [2.24, 2.45) is 11.8 Å². The molecule has 2 rings (SSSR count). The van der Waals surface area contributed by atoms with Gasteiger partial charge in [0.2, 0.25) is 0 Å². The Labute approximate surface area is 109 Å². The lowest BCUT2D eigenvalue weighted by molar-refractivity contribution is -0.137. The summed E-state index contributed by atoms with van der Waals surface area (Å²) in [5.41, 5.74) is 2.43. The monoisotopic (exact) mass is 275 g/mol. The number of ether oxygens (including phenoxy) is 1. The Balaban J connectivity index is 2.14. The molecule has 0 bridgehead atoms. The summed E-state index contributed by atoms with van der Waals surface area (Å²) in [4.78, 5) is 3.89. The van der Waals surface area contributed by atoms with Crippen LogP contribution < -0.4 is 11.3 Å². The average Bonchev–Trinajstić information content (AvgIpc) is 2.40. The molecule has 0 aromatic carbocycles. The second-order valence-corrected chi connectivity index (χ2v) is 4.56. The Hall–Kier alpha value is -1.18. The van der Waals surface area contributed by atoms with Gasteiger partial charge in [0.1, 0.15) is 0 Å². The number of pyridine rings is 1. The summed E-state index contributed by atoms with van der Waals surface area (Å²) in [6.07, 6.45) is -1.88. The van der Waals surface area contributed by atoms with Crippen LogP contribution in [0.5, 0.6) is 0 Å². The van der Waals surface area contributed by atoms with Crippen LogP contribution in [0, 0.1) is 5.92 Å². The fourth-order valence-corrected chi connectivity index (χ4v) is 2.27. The zero-order valence-corrected chi connectivity index (χ0v) is 10.3. The van der Waals surface area contributed by atoms with Gasteiger partial charge in [-0.2, -0.15) is 13.2 Å². The number of rotatable bonds is 3. The van der Waals surface area contributed by atoms with Gasteiger partial charge in [-0.05, 0) is 30.9 Å². The van der Waals surface area contributed by atoms with E-state index >= 15 is 0 Å². The van der Waals surface area contributed by atoms with Crippen molar-refractivity contribution in [1.29, 1.82) is 0 Å². The van der Waals surface area contributed by atoms with Crippen LogP contribution in [-0.4, -0.2) is 18.2 Å². The Morgan fingerprint density at radius 1 is 1.32 bits per heavy atom. The molecule has 4 nitrogen and oxygen atoms in total. The van der Waals surface area contributed by atoms with Crippen molar-refractivity contribution >= 4 is 0 Å². The zero-order chi connectivity index (χ0) is 13.9. The van der Waals surface area contributed by atoms with E-state index in [0.717, 1.165) is 25.1 Å². The van der Waals surface area contributed by atoms with Crippen LogP contribution in [0.1, 0.15) is 30.1 Å². The number of alkyl halides is 3. The van der Waals surface area contributed by atoms with E-state index in [-0.39, 0.29) is 12.0 Å². The summed E-state index contributed by atoms with van der Waals surface area (Å²) in [6, 6.07) is 2.17. The Bertz CT molecular complexity index is 402. The lowest BCUT2D eigenvalue weighted by atomic mass is 9.90. The van der Waals surface area contributed by atoms with Gasteiger partial charge in [-0.1, -0.05) is 0 Å². The molecule has 19 heavy (non-hydrogen) atoms. The van der Waals surface area contributed by atoms with Crippen LogP contribution in [0.3, 0.4) is 0 Å². The molecule has 1 unspecified atom stereocenters. The quantitative estimate of drug-likeness (QED) is 0.654. The number of hydrogen-bond donors (Lipinski definition) is 2. The predicted octanol–water partition coefficient (Wildman–Crippen LogP) is 2.03. The molecule has 1 aromatic heterocycles. The molecule has 3 N–H and O–H groups in total. The molecule has 2 heterocycles. The number of nitrogens with one attached hydrogen (secondary N) is 1. The molecule has 0 radical (unpaired) electrons. The fraction of sp³-hybridized carbons (Fsp3) is 0.583. The van der Waals surface area contributed by atoms with Crippen LogP contribution in [0.2, 0.25) is 0 Å². The van der Waals surface area contributed by atoms with E-state index in [1.807, 2.05) is 0 Å². The highest BCUT2D eigenvalue weighted by molar-refractivity contribution is 5.19. The molecule has 1 aromatic rings. The summed E-state index contributed by atoms with van der Waals surface area (Å²) >= 11 is 0. The molecule has 0 spiro atoms. The van der Waals surface area contributed by atoms with Gasteiger partial charge < -0.3 is 4.74 Å². The van der Waals surface area contributed by atoms with Crippen molar-refractivity contribution in [2.75, 3.05) is 13.2 Å². The summed E-state index contributed by atoms with van der Waals surface area (Å²) < 4.78 is 42.6. The second kappa shape index (κ2) is 5.85. The fourth-order valence-electron chi connectivity index (χ4n) is 2.27. The third-order valence-corrected chi connectivity index (χ3v) is 3.35. The van der Waals surface area contributed by atoms with Crippen LogP contribution in [0.25, 0.3) is 0 Å². The Kier molecular flexibility index (Phi) is 4.38. The van der Waals surface area contributed by atoms with Crippen molar-refractivity contribution in [3.8, 4) is 0 Å². The molecule has 1 fully saturated rings. The maximum atomic E-state index is 12.5. The first-order valence-electron chi connectivity index (χ1n) is 6.09. The van der Waals surface area contributed by atoms with Gasteiger partial charge >= 0.3 is 6.18 Å². The zero-order valence-electron chi connectivity index (χ0n) is 10.3. The van der Waals surface area contributed by atoms with Gasteiger partial charge in [-0.15, -0.1) is 0 Å². The van der Waals surface area contributed by atoms with Crippen molar-refractivity contribution in [3.05, 3.63) is 29.6 Å². The van der Waals surface area contributed by atoms with E-state index in [2.05, 4.69) is 10.4 Å². The smallest absolute Gasteiger partial charge is 0.381 e. The molecular weight excluding hydrogens is 259 g/mol. The van der Waals surface area contributed by atoms with E-state index in [9.17, 15) is 13.2 Å². The Morgan fingerprint density at radius 2 is 2.00 bits per heavy atom. The predicted molar refractivity (Wildman–Crippen MR) is 62.8 cm³/mol. The first kappa shape index (κ1) is 14.2. The molecule has 1 saturated heterocycles. The first-order chi connectivity index (χ1) is 9.02. The van der Waals surface area contributed by atoms with Gasteiger partial charge in [0.15, 0.2) is 0 Å². The Morgan fingerprint density at radius 3 is 2.47 bits per heavy atom. The van der Waals surface area contributed by atoms with Gasteiger partial charge in [0, 0.05) is 19.4 Å². The second-order valence-electron chi connectivity index (χ2n) is 4.56. The molecule has 1 atom stereocenters. The van der Waals surface area contributed by atoms with Gasteiger partial charge in [-0.25, -0.2) is 0 Å². The lowest BCUT2D eigenvalue weighted by Crippen LogP contribution is -2.36. The number of hydrazine groups is 1. The summed E-state index contributed by atoms with van der Waals surface area (Å²) in [6.45, 7) is 1.28. The molecule has 0 amide bonds. The highest BCUT2D eigenvalue weighted by Crippen LogP contribution is 2.31. The standard InChI is InChI=1S/C12H16F3N3O/c13-12(14,15)9-1-2-10(17-7-9)11(18-16)8-3-5-19-6-4-8/h1-2,7-8,11,18H,3-6,16H2. The maximum Gasteiger partial charge on any atom is 0.417 e. The number of halogens is 3. The molecule has 7 heteroatoms.